The van der Waals surface area contributed by atoms with Crippen molar-refractivity contribution in [2.75, 3.05) is 15.5 Å². The van der Waals surface area contributed by atoms with E-state index in [0.29, 0.717) is 5.69 Å². The van der Waals surface area contributed by atoms with E-state index in [1.54, 1.807) is 18.4 Å². The van der Waals surface area contributed by atoms with E-state index in [1.165, 1.54) is 42.5 Å². The SMILES string of the molecule is CCC(=O)Nc1cccc(S(=O)(=O)Nc2ccc(NNC(=O)C(F)F)cc2)c1. The molecule has 0 fully saturated rings. The number of amides is 2. The van der Waals surface area contributed by atoms with Gasteiger partial charge in [0.15, 0.2) is 0 Å². The number of anilines is 3. The highest BCUT2D eigenvalue weighted by Gasteiger charge is 2.16. The second-order valence-electron chi connectivity index (χ2n) is 5.53. The van der Waals surface area contributed by atoms with Gasteiger partial charge in [-0.2, -0.15) is 8.78 Å². The van der Waals surface area contributed by atoms with Crippen LogP contribution in [0.1, 0.15) is 13.3 Å². The monoisotopic (exact) mass is 412 g/mol. The summed E-state index contributed by atoms with van der Waals surface area (Å²) >= 11 is 0. The summed E-state index contributed by atoms with van der Waals surface area (Å²) < 4.78 is 51.6. The maximum Gasteiger partial charge on any atom is 0.317 e. The molecule has 0 aliphatic heterocycles. The van der Waals surface area contributed by atoms with Gasteiger partial charge in [0, 0.05) is 17.8 Å². The average Bonchev–Trinajstić information content (AvgIpc) is 2.67. The van der Waals surface area contributed by atoms with Crippen LogP contribution in [0.3, 0.4) is 0 Å². The molecule has 0 unspecified atom stereocenters. The van der Waals surface area contributed by atoms with Crippen molar-refractivity contribution in [1.82, 2.24) is 5.43 Å². The van der Waals surface area contributed by atoms with Crippen molar-refractivity contribution < 1.29 is 26.8 Å². The molecular formula is C17H18F2N4O4S. The molecule has 11 heteroatoms. The molecule has 0 spiro atoms. The number of carbonyl (C=O) groups excluding carboxylic acids is 2. The van der Waals surface area contributed by atoms with Gasteiger partial charge in [0.1, 0.15) is 0 Å². The Morgan fingerprint density at radius 2 is 1.64 bits per heavy atom. The maximum atomic E-state index is 12.5. The second-order valence-corrected chi connectivity index (χ2v) is 7.21. The quantitative estimate of drug-likeness (QED) is 0.497. The van der Waals surface area contributed by atoms with Gasteiger partial charge in [0.2, 0.25) is 5.91 Å². The number of hydrogen-bond acceptors (Lipinski definition) is 5. The summed E-state index contributed by atoms with van der Waals surface area (Å²) in [5, 5.41) is 2.58. The van der Waals surface area contributed by atoms with Crippen LogP contribution >= 0.6 is 0 Å². The number of sulfonamides is 1. The van der Waals surface area contributed by atoms with Gasteiger partial charge in [0.05, 0.1) is 10.6 Å². The van der Waals surface area contributed by atoms with Gasteiger partial charge in [-0.15, -0.1) is 0 Å². The number of halogens is 2. The highest BCUT2D eigenvalue weighted by molar-refractivity contribution is 7.92. The molecule has 150 valence electrons. The fraction of sp³-hybridized carbons (Fsp3) is 0.176. The molecular weight excluding hydrogens is 394 g/mol. The van der Waals surface area contributed by atoms with Gasteiger partial charge in [-0.05, 0) is 42.5 Å². The van der Waals surface area contributed by atoms with E-state index in [0.717, 1.165) is 0 Å². The molecule has 2 aromatic rings. The van der Waals surface area contributed by atoms with Crippen molar-refractivity contribution in [3.63, 3.8) is 0 Å². The zero-order valence-electron chi connectivity index (χ0n) is 14.7. The van der Waals surface area contributed by atoms with Crippen LogP contribution < -0.4 is 20.9 Å². The highest BCUT2D eigenvalue weighted by Crippen LogP contribution is 2.20. The van der Waals surface area contributed by atoms with Crippen molar-refractivity contribution in [1.29, 1.82) is 0 Å². The van der Waals surface area contributed by atoms with E-state index >= 15 is 0 Å². The number of rotatable bonds is 8. The molecule has 0 radical (unpaired) electrons. The Bertz CT molecular complexity index is 950. The Hall–Kier alpha value is -3.21. The summed E-state index contributed by atoms with van der Waals surface area (Å²) in [4.78, 5) is 22.2. The lowest BCUT2D eigenvalue weighted by Crippen LogP contribution is -2.34. The lowest BCUT2D eigenvalue weighted by molar-refractivity contribution is -0.131. The fourth-order valence-electron chi connectivity index (χ4n) is 2.01. The first kappa shape index (κ1) is 21.1. The summed E-state index contributed by atoms with van der Waals surface area (Å²) in [6.07, 6.45) is -2.90. The number of hydrogen-bond donors (Lipinski definition) is 4. The minimum Gasteiger partial charge on any atom is -0.326 e. The van der Waals surface area contributed by atoms with Gasteiger partial charge in [0.25, 0.3) is 10.0 Å². The Kier molecular flexibility index (Phi) is 6.88. The third-order valence-corrected chi connectivity index (χ3v) is 4.79. The minimum absolute atomic E-state index is 0.0483. The molecule has 2 aromatic carbocycles. The Morgan fingerprint density at radius 3 is 2.25 bits per heavy atom. The van der Waals surface area contributed by atoms with Crippen molar-refractivity contribution in [3.05, 3.63) is 48.5 Å². The first-order valence-electron chi connectivity index (χ1n) is 8.08. The van der Waals surface area contributed by atoms with Crippen LogP contribution in [0.15, 0.2) is 53.4 Å². The predicted octanol–water partition coefficient (Wildman–Crippen LogP) is 2.54. The van der Waals surface area contributed by atoms with Crippen LogP contribution in [-0.4, -0.2) is 26.7 Å². The molecule has 0 aliphatic rings. The molecule has 4 N–H and O–H groups in total. The third kappa shape index (κ3) is 5.91. The summed E-state index contributed by atoms with van der Waals surface area (Å²) in [6.45, 7) is 1.68. The topological polar surface area (TPSA) is 116 Å². The van der Waals surface area contributed by atoms with Crippen molar-refractivity contribution in [3.8, 4) is 0 Å². The molecule has 28 heavy (non-hydrogen) atoms. The van der Waals surface area contributed by atoms with Gasteiger partial charge in [-0.1, -0.05) is 13.0 Å². The summed E-state index contributed by atoms with van der Waals surface area (Å²) in [5.74, 6) is -1.73. The van der Waals surface area contributed by atoms with Crippen LogP contribution in [-0.2, 0) is 19.6 Å². The molecule has 0 heterocycles. The van der Waals surface area contributed by atoms with E-state index in [9.17, 15) is 26.8 Å². The van der Waals surface area contributed by atoms with Crippen LogP contribution in [0.2, 0.25) is 0 Å². The van der Waals surface area contributed by atoms with Crippen LogP contribution in [0.25, 0.3) is 0 Å². The van der Waals surface area contributed by atoms with E-state index < -0.39 is 22.4 Å². The van der Waals surface area contributed by atoms with Crippen molar-refractivity contribution in [2.24, 2.45) is 0 Å². The van der Waals surface area contributed by atoms with Crippen molar-refractivity contribution >= 4 is 38.9 Å². The molecule has 0 saturated heterocycles. The number of hydrazine groups is 1. The normalized spacial score (nSPS) is 11.0. The molecule has 8 nitrogen and oxygen atoms in total. The van der Waals surface area contributed by atoms with E-state index in [4.69, 9.17) is 0 Å². The van der Waals surface area contributed by atoms with Crippen LogP contribution in [0.5, 0.6) is 0 Å². The first-order chi connectivity index (χ1) is 13.2. The summed E-state index contributed by atoms with van der Waals surface area (Å²) in [5.41, 5.74) is 4.93. The smallest absolute Gasteiger partial charge is 0.317 e. The van der Waals surface area contributed by atoms with Gasteiger partial charge in [-0.3, -0.25) is 25.2 Å². The molecule has 0 bridgehead atoms. The van der Waals surface area contributed by atoms with E-state index in [1.807, 2.05) is 0 Å². The number of alkyl halides is 2. The molecule has 2 amide bonds. The third-order valence-electron chi connectivity index (χ3n) is 3.41. The van der Waals surface area contributed by atoms with Gasteiger partial charge >= 0.3 is 12.3 Å². The van der Waals surface area contributed by atoms with Gasteiger partial charge in [-0.25, -0.2) is 8.42 Å². The standard InChI is InChI=1S/C17H18F2N4O4S/c1-2-15(24)20-13-4-3-5-14(10-13)28(26,27)23-12-8-6-11(7-9-12)21-22-17(25)16(18)19/h3-10,16,21,23H,2H2,1H3,(H,20,24)(H,22,25). The van der Waals surface area contributed by atoms with Crippen LogP contribution in [0.4, 0.5) is 25.8 Å². The summed E-state index contributed by atoms with van der Waals surface area (Å²) in [6, 6.07) is 11.3. The zero-order valence-corrected chi connectivity index (χ0v) is 15.5. The Labute approximate surface area is 160 Å². The molecule has 0 saturated carbocycles. The summed E-state index contributed by atoms with van der Waals surface area (Å²) in [7, 11) is -3.92. The van der Waals surface area contributed by atoms with E-state index in [-0.39, 0.29) is 28.6 Å². The first-order valence-corrected chi connectivity index (χ1v) is 9.56. The zero-order chi connectivity index (χ0) is 20.7. The van der Waals surface area contributed by atoms with E-state index in [2.05, 4.69) is 15.5 Å². The molecule has 0 atom stereocenters. The molecule has 0 aliphatic carbocycles. The minimum atomic E-state index is -3.92. The van der Waals surface area contributed by atoms with Crippen molar-refractivity contribution in [2.45, 2.75) is 24.7 Å². The predicted molar refractivity (Wildman–Crippen MR) is 100 cm³/mol. The van der Waals surface area contributed by atoms with Gasteiger partial charge < -0.3 is 5.32 Å². The second kappa shape index (κ2) is 9.13. The lowest BCUT2D eigenvalue weighted by atomic mass is 10.3. The average molecular weight is 412 g/mol. The van der Waals surface area contributed by atoms with Crippen LogP contribution in [0, 0.1) is 0 Å². The number of nitrogens with one attached hydrogen (secondary N) is 4. The maximum absolute atomic E-state index is 12.5. The fourth-order valence-corrected chi connectivity index (χ4v) is 3.12. The largest absolute Gasteiger partial charge is 0.326 e. The Balaban J connectivity index is 2.07. The Morgan fingerprint density at radius 1 is 1.00 bits per heavy atom. The molecule has 2 rings (SSSR count). The molecule has 0 aromatic heterocycles. The number of benzene rings is 2. The number of carbonyl (C=O) groups is 2. The highest BCUT2D eigenvalue weighted by atomic mass is 32.2. The lowest BCUT2D eigenvalue weighted by Gasteiger charge is -2.11.